The molecule has 0 unspecified atom stereocenters. The van der Waals surface area contributed by atoms with E-state index in [0.717, 1.165) is 16.7 Å². The number of hydrazone groups is 1. The van der Waals surface area contributed by atoms with E-state index < -0.39 is 11.8 Å². The lowest BCUT2D eigenvalue weighted by Gasteiger charge is -2.11. The van der Waals surface area contributed by atoms with Crippen LogP contribution in [0.1, 0.15) is 37.0 Å². The second-order valence-corrected chi connectivity index (χ2v) is 6.54. The van der Waals surface area contributed by atoms with Gasteiger partial charge >= 0.3 is 0 Å². The molecule has 2 amide bonds. The topological polar surface area (TPSA) is 79.8 Å². The number of rotatable bonds is 7. The number of amides is 2. The first kappa shape index (κ1) is 20.2. The van der Waals surface area contributed by atoms with Crippen molar-refractivity contribution in [3.63, 3.8) is 0 Å². The molecule has 0 atom stereocenters. The smallest absolute Gasteiger partial charge is 0.249 e. The number of hydrogen-bond acceptors (Lipinski definition) is 4. The molecule has 142 valence electrons. The van der Waals surface area contributed by atoms with Crippen molar-refractivity contribution in [2.24, 2.45) is 5.10 Å². The number of benzene rings is 2. The molecule has 2 rings (SSSR count). The number of para-hydroxylation sites is 1. The van der Waals surface area contributed by atoms with Gasteiger partial charge in [-0.25, -0.2) is 5.43 Å². The number of ether oxygens (including phenoxy) is 1. The van der Waals surface area contributed by atoms with Crippen molar-refractivity contribution < 1.29 is 14.3 Å². The zero-order chi connectivity index (χ0) is 19.8. The molecule has 27 heavy (non-hydrogen) atoms. The van der Waals surface area contributed by atoms with Gasteiger partial charge in [0.2, 0.25) is 11.8 Å². The number of hydrogen-bond donors (Lipinski definition) is 2. The van der Waals surface area contributed by atoms with E-state index in [0.29, 0.717) is 11.4 Å². The highest BCUT2D eigenvalue weighted by molar-refractivity contribution is 6.04. The van der Waals surface area contributed by atoms with Crippen LogP contribution in [0.5, 0.6) is 5.75 Å². The summed E-state index contributed by atoms with van der Waals surface area (Å²) in [5.74, 6) is -0.202. The third-order valence-electron chi connectivity index (χ3n) is 3.65. The summed E-state index contributed by atoms with van der Waals surface area (Å²) in [6.07, 6.45) is 1.22. The third-order valence-corrected chi connectivity index (χ3v) is 3.65. The van der Waals surface area contributed by atoms with Crippen molar-refractivity contribution >= 4 is 23.7 Å². The van der Waals surface area contributed by atoms with Gasteiger partial charge in [-0.1, -0.05) is 29.8 Å². The lowest BCUT2D eigenvalue weighted by molar-refractivity contribution is -0.126. The average Bonchev–Trinajstić information content (AvgIpc) is 2.58. The largest absolute Gasteiger partial charge is 0.490 e. The van der Waals surface area contributed by atoms with Gasteiger partial charge in [-0.2, -0.15) is 5.10 Å². The zero-order valence-electron chi connectivity index (χ0n) is 16.1. The maximum absolute atomic E-state index is 12.0. The summed E-state index contributed by atoms with van der Waals surface area (Å²) in [5.41, 5.74) is 5.86. The third kappa shape index (κ3) is 6.58. The first-order valence-corrected chi connectivity index (χ1v) is 8.80. The highest BCUT2D eigenvalue weighted by Gasteiger charge is 2.10. The molecule has 0 heterocycles. The van der Waals surface area contributed by atoms with Crippen LogP contribution in [0.4, 0.5) is 5.69 Å². The van der Waals surface area contributed by atoms with Crippen LogP contribution in [-0.4, -0.2) is 24.1 Å². The molecule has 6 heteroatoms. The zero-order valence-corrected chi connectivity index (χ0v) is 16.1. The number of anilines is 1. The van der Waals surface area contributed by atoms with Crippen LogP contribution >= 0.6 is 0 Å². The second kappa shape index (κ2) is 9.52. The van der Waals surface area contributed by atoms with E-state index in [9.17, 15) is 9.59 Å². The SMILES string of the molecule is Cc1ccc(NC(=O)CC(=O)NN=Cc2ccccc2OC(C)C)c(C)c1. The van der Waals surface area contributed by atoms with Gasteiger partial charge in [-0.05, 0) is 51.5 Å². The molecule has 2 aromatic carbocycles. The molecule has 0 spiro atoms. The normalized spacial score (nSPS) is 10.9. The fourth-order valence-corrected chi connectivity index (χ4v) is 2.46. The number of carbonyl (C=O) groups excluding carboxylic acids is 2. The molecular weight excluding hydrogens is 342 g/mol. The molecule has 0 bridgehead atoms. The minimum absolute atomic E-state index is 0.0306. The van der Waals surface area contributed by atoms with E-state index in [1.807, 2.05) is 70.2 Å². The van der Waals surface area contributed by atoms with Crippen LogP contribution in [0.25, 0.3) is 0 Å². The highest BCUT2D eigenvalue weighted by atomic mass is 16.5. The quantitative estimate of drug-likeness (QED) is 0.446. The lowest BCUT2D eigenvalue weighted by Crippen LogP contribution is -2.25. The summed E-state index contributed by atoms with van der Waals surface area (Å²) in [7, 11) is 0. The number of nitrogens with zero attached hydrogens (tertiary/aromatic N) is 1. The summed E-state index contributed by atoms with van der Waals surface area (Å²) in [5, 5.41) is 6.65. The Bertz CT molecular complexity index is 844. The summed E-state index contributed by atoms with van der Waals surface area (Å²) in [6, 6.07) is 13.1. The number of nitrogens with one attached hydrogen (secondary N) is 2. The first-order chi connectivity index (χ1) is 12.8. The first-order valence-electron chi connectivity index (χ1n) is 8.80. The molecule has 2 aromatic rings. The Hall–Kier alpha value is -3.15. The molecule has 6 nitrogen and oxygen atoms in total. The predicted molar refractivity (Wildman–Crippen MR) is 107 cm³/mol. The van der Waals surface area contributed by atoms with Crippen molar-refractivity contribution in [3.05, 3.63) is 59.2 Å². The predicted octanol–water partition coefficient (Wildman–Crippen LogP) is 3.57. The van der Waals surface area contributed by atoms with Crippen LogP contribution in [0.2, 0.25) is 0 Å². The highest BCUT2D eigenvalue weighted by Crippen LogP contribution is 2.17. The molecule has 0 fully saturated rings. The Morgan fingerprint density at radius 3 is 2.56 bits per heavy atom. The molecule has 0 saturated heterocycles. The van der Waals surface area contributed by atoms with E-state index in [4.69, 9.17) is 4.74 Å². The molecule has 0 radical (unpaired) electrons. The van der Waals surface area contributed by atoms with Gasteiger partial charge in [0, 0.05) is 11.3 Å². The van der Waals surface area contributed by atoms with Crippen molar-refractivity contribution in [2.45, 2.75) is 40.2 Å². The van der Waals surface area contributed by atoms with Crippen molar-refractivity contribution in [3.8, 4) is 5.75 Å². The van der Waals surface area contributed by atoms with E-state index in [2.05, 4.69) is 15.8 Å². The van der Waals surface area contributed by atoms with Gasteiger partial charge in [0.05, 0.1) is 12.3 Å². The summed E-state index contributed by atoms with van der Waals surface area (Å²) in [6.45, 7) is 7.76. The molecule has 0 aromatic heterocycles. The van der Waals surface area contributed by atoms with E-state index in [1.165, 1.54) is 6.21 Å². The average molecular weight is 367 g/mol. The van der Waals surface area contributed by atoms with Crippen LogP contribution in [0.15, 0.2) is 47.6 Å². The number of carbonyl (C=O) groups is 2. The van der Waals surface area contributed by atoms with Gasteiger partial charge in [-0.15, -0.1) is 0 Å². The maximum Gasteiger partial charge on any atom is 0.249 e. The number of aryl methyl sites for hydroxylation is 2. The Morgan fingerprint density at radius 1 is 1.11 bits per heavy atom. The summed E-state index contributed by atoms with van der Waals surface area (Å²) in [4.78, 5) is 23.9. The molecular formula is C21H25N3O3. The standard InChI is InChI=1S/C21H25N3O3/c1-14(2)27-19-8-6-5-7-17(19)13-22-24-21(26)12-20(25)23-18-10-9-15(3)11-16(18)4/h5-11,13-14H,12H2,1-4H3,(H,23,25)(H,24,26). The van der Waals surface area contributed by atoms with Gasteiger partial charge in [0.25, 0.3) is 0 Å². The molecule has 0 saturated carbocycles. The van der Waals surface area contributed by atoms with E-state index in [-0.39, 0.29) is 12.5 Å². The molecule has 0 aliphatic rings. The minimum atomic E-state index is -0.490. The van der Waals surface area contributed by atoms with Crippen LogP contribution in [0, 0.1) is 13.8 Å². The Labute approximate surface area is 159 Å². The minimum Gasteiger partial charge on any atom is -0.490 e. The fraction of sp³-hybridized carbons (Fsp3) is 0.286. The molecule has 2 N–H and O–H groups in total. The van der Waals surface area contributed by atoms with E-state index >= 15 is 0 Å². The summed E-state index contributed by atoms with van der Waals surface area (Å²) >= 11 is 0. The summed E-state index contributed by atoms with van der Waals surface area (Å²) < 4.78 is 5.69. The van der Waals surface area contributed by atoms with Gasteiger partial charge < -0.3 is 10.1 Å². The lowest BCUT2D eigenvalue weighted by atomic mass is 10.1. The van der Waals surface area contributed by atoms with Crippen LogP contribution < -0.4 is 15.5 Å². The molecule has 0 aliphatic carbocycles. The van der Waals surface area contributed by atoms with Gasteiger partial charge in [-0.3, -0.25) is 9.59 Å². The Kier molecular flexibility index (Phi) is 7.11. The van der Waals surface area contributed by atoms with Crippen molar-refractivity contribution in [1.29, 1.82) is 0 Å². The Morgan fingerprint density at radius 2 is 1.85 bits per heavy atom. The van der Waals surface area contributed by atoms with Gasteiger partial charge in [0.1, 0.15) is 12.2 Å². The van der Waals surface area contributed by atoms with Gasteiger partial charge in [0.15, 0.2) is 0 Å². The van der Waals surface area contributed by atoms with Crippen molar-refractivity contribution in [1.82, 2.24) is 5.43 Å². The maximum atomic E-state index is 12.0. The monoisotopic (exact) mass is 367 g/mol. The van der Waals surface area contributed by atoms with Crippen molar-refractivity contribution in [2.75, 3.05) is 5.32 Å². The second-order valence-electron chi connectivity index (χ2n) is 6.54. The Balaban J connectivity index is 1.89. The molecule has 0 aliphatic heterocycles. The fourth-order valence-electron chi connectivity index (χ4n) is 2.46. The van der Waals surface area contributed by atoms with E-state index in [1.54, 1.807) is 0 Å². The van der Waals surface area contributed by atoms with Crippen LogP contribution in [-0.2, 0) is 9.59 Å². The van der Waals surface area contributed by atoms with Crippen LogP contribution in [0.3, 0.4) is 0 Å².